The van der Waals surface area contributed by atoms with E-state index >= 15 is 0 Å². The van der Waals surface area contributed by atoms with Gasteiger partial charge in [0.2, 0.25) is 0 Å². The molecule has 235 valence electrons. The fraction of sp³-hybridized carbons (Fsp3) is 0.306. The van der Waals surface area contributed by atoms with E-state index in [4.69, 9.17) is 17.0 Å². The van der Waals surface area contributed by atoms with Gasteiger partial charge in [-0.05, 0) is 75.0 Å². The van der Waals surface area contributed by atoms with Crippen LogP contribution in [0.15, 0.2) is 105 Å². The second kappa shape index (κ2) is 27.5. The van der Waals surface area contributed by atoms with Crippen LogP contribution in [0.1, 0.15) is 61.8 Å². The Labute approximate surface area is 311 Å². The van der Waals surface area contributed by atoms with Crippen LogP contribution < -0.4 is 24.8 Å². The molecule has 2 aromatic rings. The van der Waals surface area contributed by atoms with E-state index in [1.807, 2.05) is 12.2 Å². The second-order valence-electron chi connectivity index (χ2n) is 9.37. The van der Waals surface area contributed by atoms with Gasteiger partial charge in [-0.25, -0.2) is 12.2 Å². The molecule has 42 heavy (non-hydrogen) atoms. The van der Waals surface area contributed by atoms with E-state index in [-0.39, 0.29) is 80.7 Å². The molecule has 0 saturated heterocycles. The average Bonchev–Trinajstić information content (AvgIpc) is 3.64. The Kier molecular flexibility index (Phi) is 35.8. The summed E-state index contributed by atoms with van der Waals surface area (Å²) in [6, 6.07) is 14.7. The van der Waals surface area contributed by atoms with Crippen molar-refractivity contribution in [2.45, 2.75) is 61.8 Å². The molecule has 0 nitrogen and oxygen atoms in total. The molecule has 6 heteroatoms. The van der Waals surface area contributed by atoms with Crippen LogP contribution in [-0.4, -0.2) is 0 Å². The molecule has 1 radical (unpaired) electrons. The standard InChI is InChI=1S/C18H26.C9H7.C5H5.4CH3.4ClH.2Zr/c1-9-10(2)14(6)17(13(9)5)18-15(7)11(3)12(4)16(18)8;1-2-5-9-7-3-6-8(9)4-1;1-2-4-5-3-1;;;;;;;;;;/h13,15H,1-8H3;1-7H;1-3H,4H2;4*1H3;4*1H;;/q;6*-1;;;;;+2;+3/p-4. The summed E-state index contributed by atoms with van der Waals surface area (Å²) < 4.78 is 0. The van der Waals surface area contributed by atoms with Crippen LogP contribution in [0.3, 0.4) is 0 Å². The van der Waals surface area contributed by atoms with Crippen molar-refractivity contribution in [2.75, 3.05) is 0 Å². The third kappa shape index (κ3) is 14.1. The number of hydrogen-bond acceptors (Lipinski definition) is 0. The predicted molar refractivity (Wildman–Crippen MR) is 179 cm³/mol. The minimum absolute atomic E-state index is 0. The van der Waals surface area contributed by atoms with Crippen molar-refractivity contribution < 1.29 is 71.9 Å². The Bertz CT molecular complexity index is 1120. The van der Waals surface area contributed by atoms with Crippen molar-refractivity contribution in [3.63, 3.8) is 0 Å². The van der Waals surface area contributed by atoms with Gasteiger partial charge in [-0.3, -0.25) is 6.08 Å². The van der Waals surface area contributed by atoms with E-state index < -0.39 is 20.8 Å². The van der Waals surface area contributed by atoms with E-state index in [1.54, 1.807) is 22.3 Å². The number of hydrogen-bond donors (Lipinski definition) is 0. The predicted octanol–water partition coefficient (Wildman–Crippen LogP) is 6.64. The minimum Gasteiger partial charge on any atom is -0.168 e. The number of fused-ring (bicyclic) bond motifs is 1. The summed E-state index contributed by atoms with van der Waals surface area (Å²) in [7, 11) is 9.87. The maximum Gasteiger partial charge on any atom is 3.00 e. The molecule has 0 spiro atoms. The first-order valence-corrected chi connectivity index (χ1v) is 18.6. The third-order valence-electron chi connectivity index (χ3n) is 7.70. The van der Waals surface area contributed by atoms with Crippen molar-refractivity contribution in [3.05, 3.63) is 141 Å². The van der Waals surface area contributed by atoms with Gasteiger partial charge in [0.05, 0.1) is 0 Å². The normalized spacial score (nSPS) is 17.2. The van der Waals surface area contributed by atoms with Crippen molar-refractivity contribution in [1.29, 1.82) is 0 Å². The molecule has 0 saturated carbocycles. The molecular weight excluding hydrogens is 757 g/mol. The molecule has 0 amide bonds. The molecular formula is C36H50Cl4Zr2-5. The first-order valence-electron chi connectivity index (χ1n) is 12.2. The smallest absolute Gasteiger partial charge is 0.168 e. The Hall–Kier alpha value is 0.196. The monoisotopic (exact) mass is 802 g/mol. The number of allylic oxidation sites excluding steroid dienone is 12. The van der Waals surface area contributed by atoms with Gasteiger partial charge in [0, 0.05) is 11.8 Å². The van der Waals surface area contributed by atoms with Crippen LogP contribution in [-0.2, 0) is 47.1 Å². The molecule has 0 heterocycles. The number of halogens is 4. The van der Waals surface area contributed by atoms with Gasteiger partial charge in [0.25, 0.3) is 0 Å². The summed E-state index contributed by atoms with van der Waals surface area (Å²) in [6.45, 7) is 18.5. The van der Waals surface area contributed by atoms with Gasteiger partial charge in [-0.1, -0.05) is 31.1 Å². The molecule has 2 atom stereocenters. The summed E-state index contributed by atoms with van der Waals surface area (Å²) in [5, 5.41) is 2.66. The van der Waals surface area contributed by atoms with E-state index in [1.165, 1.54) is 33.1 Å². The Morgan fingerprint density at radius 3 is 1.45 bits per heavy atom. The van der Waals surface area contributed by atoms with Gasteiger partial charge in [-0.15, -0.1) is 36.1 Å². The van der Waals surface area contributed by atoms with Crippen LogP contribution in [0.5, 0.6) is 0 Å². The molecule has 2 aromatic carbocycles. The number of rotatable bonds is 1. The van der Waals surface area contributed by atoms with Crippen LogP contribution in [0.4, 0.5) is 0 Å². The maximum atomic E-state index is 4.93. The quantitative estimate of drug-likeness (QED) is 0.284. The summed E-state index contributed by atoms with van der Waals surface area (Å²) in [4.78, 5) is 0. The first kappa shape index (κ1) is 54.7. The minimum atomic E-state index is -0.826. The van der Waals surface area contributed by atoms with Crippen molar-refractivity contribution in [3.8, 4) is 0 Å². The molecule has 0 aromatic heterocycles. The average molecular weight is 807 g/mol. The fourth-order valence-corrected chi connectivity index (χ4v) is 5.01. The van der Waals surface area contributed by atoms with Crippen LogP contribution in [0.25, 0.3) is 10.8 Å². The summed E-state index contributed by atoms with van der Waals surface area (Å²) >= 11 is -0.826. The van der Waals surface area contributed by atoms with E-state index in [2.05, 4.69) is 110 Å². The van der Waals surface area contributed by atoms with Gasteiger partial charge in [0.1, 0.15) is 0 Å². The van der Waals surface area contributed by atoms with Crippen LogP contribution >= 0.6 is 17.0 Å². The maximum absolute atomic E-state index is 4.93. The molecule has 0 fully saturated rings. The molecule has 0 bridgehead atoms. The zero-order valence-electron chi connectivity index (χ0n) is 27.6. The Morgan fingerprint density at radius 1 is 0.738 bits per heavy atom. The largest absolute Gasteiger partial charge is 3.00 e. The number of benzene rings is 1. The fourth-order valence-electron chi connectivity index (χ4n) is 5.01. The molecule has 3 aliphatic carbocycles. The summed E-state index contributed by atoms with van der Waals surface area (Å²) in [5.74, 6) is 1.19. The topological polar surface area (TPSA) is 0 Å². The summed E-state index contributed by atoms with van der Waals surface area (Å²) in [5.41, 5.74) is 12.4. The van der Waals surface area contributed by atoms with Gasteiger partial charge in [-0.2, -0.15) is 23.6 Å². The molecule has 2 unspecified atom stereocenters. The van der Waals surface area contributed by atoms with Crippen molar-refractivity contribution in [2.24, 2.45) is 11.8 Å². The Balaban J connectivity index is -0.000000115. The van der Waals surface area contributed by atoms with Gasteiger partial charge >= 0.3 is 64.1 Å². The van der Waals surface area contributed by atoms with Crippen molar-refractivity contribution >= 4 is 27.8 Å². The van der Waals surface area contributed by atoms with E-state index in [0.29, 0.717) is 11.8 Å². The van der Waals surface area contributed by atoms with Crippen LogP contribution in [0, 0.1) is 47.6 Å². The first-order chi connectivity index (χ1) is 16.7. The molecule has 0 aliphatic heterocycles. The van der Waals surface area contributed by atoms with E-state index in [9.17, 15) is 0 Å². The third-order valence-corrected chi connectivity index (χ3v) is 7.70. The van der Waals surface area contributed by atoms with Crippen LogP contribution in [0.2, 0.25) is 0 Å². The second-order valence-corrected chi connectivity index (χ2v) is 13.1. The van der Waals surface area contributed by atoms with Gasteiger partial charge in [0.15, 0.2) is 0 Å². The molecule has 0 N–H and O–H groups in total. The van der Waals surface area contributed by atoms with E-state index in [0.717, 1.165) is 6.42 Å². The SMILES string of the molecule is CC1=C(C)C(C)C(C2=C(C)C(C)=C(C)C2C)=C1C.[C-]1=CC=CC1.[CH3-].[CH3-].[CH3-].[CH3-].[Cl-].[Cl-].[Cl][Zr][Cl].[Zr+3].c1ccc2[cH-]ccc2c1. The zero-order valence-corrected chi connectivity index (χ0v) is 35.6. The Morgan fingerprint density at radius 2 is 1.17 bits per heavy atom. The van der Waals surface area contributed by atoms with Gasteiger partial charge < -0.3 is 54.5 Å². The molecule has 3 aliphatic rings. The zero-order chi connectivity index (χ0) is 26.1. The summed E-state index contributed by atoms with van der Waals surface area (Å²) in [6.07, 6.45) is 10.0. The molecule has 5 rings (SSSR count). The van der Waals surface area contributed by atoms with Crippen molar-refractivity contribution in [1.82, 2.24) is 0 Å².